The van der Waals surface area contributed by atoms with Crippen LogP contribution in [-0.2, 0) is 0 Å². The Balaban J connectivity index is 1.57. The number of nitrogens with one attached hydrogen (secondary N) is 2. The van der Waals surface area contributed by atoms with E-state index in [0.29, 0.717) is 16.8 Å². The lowest BCUT2D eigenvalue weighted by molar-refractivity contribution is 0.0936. The molecule has 0 bridgehead atoms. The second-order valence-electron chi connectivity index (χ2n) is 7.18. The van der Waals surface area contributed by atoms with Crippen LogP contribution >= 0.6 is 0 Å². The van der Waals surface area contributed by atoms with Gasteiger partial charge in [-0.1, -0.05) is 12.8 Å². The van der Waals surface area contributed by atoms with E-state index in [1.165, 1.54) is 12.8 Å². The fourth-order valence-corrected chi connectivity index (χ4v) is 3.20. The highest BCUT2D eigenvalue weighted by atomic mass is 16.5. The maximum absolute atomic E-state index is 12.4. The number of carbonyl (C=O) groups excluding carboxylic acids is 2. The van der Waals surface area contributed by atoms with Crippen LogP contribution in [0, 0.1) is 0 Å². The lowest BCUT2D eigenvalue weighted by Crippen LogP contribution is -2.32. The summed E-state index contributed by atoms with van der Waals surface area (Å²) in [6, 6.07) is 14.3. The molecular formula is C22H26N2O3. The molecule has 1 aliphatic carbocycles. The van der Waals surface area contributed by atoms with Crippen LogP contribution in [0.1, 0.15) is 60.2 Å². The van der Waals surface area contributed by atoms with E-state index in [1.54, 1.807) is 36.4 Å². The van der Waals surface area contributed by atoms with Gasteiger partial charge in [0.2, 0.25) is 0 Å². The summed E-state index contributed by atoms with van der Waals surface area (Å²) in [4.78, 5) is 24.7. The SMILES string of the molecule is CC(C)Oc1ccc(NC(=O)c2ccc(C(=O)NC3CCCC3)cc2)cc1. The number of hydrogen-bond acceptors (Lipinski definition) is 3. The van der Waals surface area contributed by atoms with Crippen molar-refractivity contribution in [1.82, 2.24) is 5.32 Å². The highest BCUT2D eigenvalue weighted by Gasteiger charge is 2.18. The van der Waals surface area contributed by atoms with Gasteiger partial charge in [-0.15, -0.1) is 0 Å². The molecule has 3 rings (SSSR count). The minimum Gasteiger partial charge on any atom is -0.491 e. The van der Waals surface area contributed by atoms with Crippen molar-refractivity contribution in [2.75, 3.05) is 5.32 Å². The van der Waals surface area contributed by atoms with Crippen LogP contribution in [0.5, 0.6) is 5.75 Å². The van der Waals surface area contributed by atoms with E-state index in [2.05, 4.69) is 10.6 Å². The molecule has 0 aromatic heterocycles. The molecule has 2 aromatic rings. The number of rotatable bonds is 6. The molecule has 0 aliphatic heterocycles. The van der Waals surface area contributed by atoms with Crippen molar-refractivity contribution in [2.45, 2.75) is 51.7 Å². The monoisotopic (exact) mass is 366 g/mol. The van der Waals surface area contributed by atoms with E-state index in [4.69, 9.17) is 4.74 Å². The van der Waals surface area contributed by atoms with E-state index < -0.39 is 0 Å². The first kappa shape index (κ1) is 19.0. The Morgan fingerprint density at radius 1 is 0.889 bits per heavy atom. The van der Waals surface area contributed by atoms with Crippen LogP contribution in [0.3, 0.4) is 0 Å². The van der Waals surface area contributed by atoms with Crippen molar-refractivity contribution in [3.05, 3.63) is 59.7 Å². The Morgan fingerprint density at radius 2 is 1.44 bits per heavy atom. The molecule has 5 nitrogen and oxygen atoms in total. The van der Waals surface area contributed by atoms with Gasteiger partial charge in [0.1, 0.15) is 5.75 Å². The fraction of sp³-hybridized carbons (Fsp3) is 0.364. The first-order valence-electron chi connectivity index (χ1n) is 9.50. The zero-order valence-corrected chi connectivity index (χ0v) is 15.8. The van der Waals surface area contributed by atoms with Crippen molar-refractivity contribution in [2.24, 2.45) is 0 Å². The number of amides is 2. The minimum atomic E-state index is -0.213. The third kappa shape index (κ3) is 5.33. The second kappa shape index (κ2) is 8.71. The molecule has 142 valence electrons. The lowest BCUT2D eigenvalue weighted by atomic mass is 10.1. The van der Waals surface area contributed by atoms with Gasteiger partial charge < -0.3 is 15.4 Å². The van der Waals surface area contributed by atoms with Crippen molar-refractivity contribution in [3.63, 3.8) is 0 Å². The lowest BCUT2D eigenvalue weighted by Gasteiger charge is -2.12. The van der Waals surface area contributed by atoms with Crippen molar-refractivity contribution in [1.29, 1.82) is 0 Å². The standard InChI is InChI=1S/C22H26N2O3/c1-15(2)27-20-13-11-19(12-14-20)24-22(26)17-9-7-16(8-10-17)21(25)23-18-5-3-4-6-18/h7-15,18H,3-6H2,1-2H3,(H,23,25)(H,24,26). The number of benzene rings is 2. The average molecular weight is 366 g/mol. The van der Waals surface area contributed by atoms with Gasteiger partial charge >= 0.3 is 0 Å². The van der Waals surface area contributed by atoms with E-state index in [-0.39, 0.29) is 24.0 Å². The third-order valence-electron chi connectivity index (χ3n) is 4.58. The van der Waals surface area contributed by atoms with Gasteiger partial charge in [-0.3, -0.25) is 9.59 Å². The van der Waals surface area contributed by atoms with Crippen LogP contribution in [0.25, 0.3) is 0 Å². The molecule has 1 aliphatic rings. The Bertz CT molecular complexity index is 776. The van der Waals surface area contributed by atoms with Crippen LogP contribution < -0.4 is 15.4 Å². The molecular weight excluding hydrogens is 340 g/mol. The molecule has 0 spiro atoms. The van der Waals surface area contributed by atoms with E-state index in [1.807, 2.05) is 26.0 Å². The summed E-state index contributed by atoms with van der Waals surface area (Å²) in [5.41, 5.74) is 1.78. The molecule has 0 saturated heterocycles. The number of ether oxygens (including phenoxy) is 1. The van der Waals surface area contributed by atoms with E-state index in [0.717, 1.165) is 18.6 Å². The molecule has 0 atom stereocenters. The Kier molecular flexibility index (Phi) is 6.12. The molecule has 0 radical (unpaired) electrons. The van der Waals surface area contributed by atoms with Gasteiger partial charge in [0.25, 0.3) is 11.8 Å². The highest BCUT2D eigenvalue weighted by molar-refractivity contribution is 6.05. The second-order valence-corrected chi connectivity index (χ2v) is 7.18. The van der Waals surface area contributed by atoms with Crippen LogP contribution in [0.2, 0.25) is 0 Å². The molecule has 27 heavy (non-hydrogen) atoms. The van der Waals surface area contributed by atoms with Crippen LogP contribution in [0.15, 0.2) is 48.5 Å². The minimum absolute atomic E-state index is 0.0744. The Hall–Kier alpha value is -2.82. The van der Waals surface area contributed by atoms with Crippen molar-refractivity contribution in [3.8, 4) is 5.75 Å². The maximum Gasteiger partial charge on any atom is 0.255 e. The van der Waals surface area contributed by atoms with Crippen molar-refractivity contribution >= 4 is 17.5 Å². The van der Waals surface area contributed by atoms with Gasteiger partial charge in [-0.05, 0) is 75.2 Å². The maximum atomic E-state index is 12.4. The van der Waals surface area contributed by atoms with Crippen LogP contribution in [0.4, 0.5) is 5.69 Å². The Morgan fingerprint density at radius 3 is 2.00 bits per heavy atom. The number of hydrogen-bond donors (Lipinski definition) is 2. The van der Waals surface area contributed by atoms with Gasteiger partial charge in [0.05, 0.1) is 6.10 Å². The quantitative estimate of drug-likeness (QED) is 0.796. The number of anilines is 1. The summed E-state index contributed by atoms with van der Waals surface area (Å²) in [6.07, 6.45) is 4.55. The van der Waals surface area contributed by atoms with Crippen LogP contribution in [-0.4, -0.2) is 24.0 Å². The molecule has 1 fully saturated rings. The summed E-state index contributed by atoms with van der Waals surface area (Å²) in [6.45, 7) is 3.93. The smallest absolute Gasteiger partial charge is 0.255 e. The van der Waals surface area contributed by atoms with Crippen molar-refractivity contribution < 1.29 is 14.3 Å². The van der Waals surface area contributed by atoms with Gasteiger partial charge in [0.15, 0.2) is 0 Å². The summed E-state index contributed by atoms with van der Waals surface area (Å²) in [7, 11) is 0. The molecule has 0 unspecified atom stereocenters. The fourth-order valence-electron chi connectivity index (χ4n) is 3.20. The normalized spacial score (nSPS) is 14.2. The summed E-state index contributed by atoms with van der Waals surface area (Å²) in [5.74, 6) is 0.477. The predicted molar refractivity (Wildman–Crippen MR) is 106 cm³/mol. The summed E-state index contributed by atoms with van der Waals surface area (Å²) in [5, 5.41) is 5.90. The Labute approximate surface area is 160 Å². The van der Waals surface area contributed by atoms with Gasteiger partial charge in [-0.2, -0.15) is 0 Å². The zero-order chi connectivity index (χ0) is 19.2. The third-order valence-corrected chi connectivity index (χ3v) is 4.58. The highest BCUT2D eigenvalue weighted by Crippen LogP contribution is 2.19. The van der Waals surface area contributed by atoms with E-state index in [9.17, 15) is 9.59 Å². The molecule has 2 N–H and O–H groups in total. The first-order valence-corrected chi connectivity index (χ1v) is 9.50. The molecule has 5 heteroatoms. The molecule has 0 heterocycles. The average Bonchev–Trinajstić information content (AvgIpc) is 3.16. The summed E-state index contributed by atoms with van der Waals surface area (Å²) >= 11 is 0. The number of carbonyl (C=O) groups is 2. The first-order chi connectivity index (χ1) is 13.0. The van der Waals surface area contributed by atoms with E-state index >= 15 is 0 Å². The van der Waals surface area contributed by atoms with Gasteiger partial charge in [-0.25, -0.2) is 0 Å². The zero-order valence-electron chi connectivity index (χ0n) is 15.8. The summed E-state index contributed by atoms with van der Waals surface area (Å²) < 4.78 is 5.59. The largest absolute Gasteiger partial charge is 0.491 e. The molecule has 2 aromatic carbocycles. The predicted octanol–water partition coefficient (Wildman–Crippen LogP) is 4.40. The molecule has 1 saturated carbocycles. The van der Waals surface area contributed by atoms with Gasteiger partial charge in [0, 0.05) is 22.9 Å². The topological polar surface area (TPSA) is 67.4 Å². The molecule has 2 amide bonds.